The van der Waals surface area contributed by atoms with Gasteiger partial charge in [0.1, 0.15) is 0 Å². The van der Waals surface area contributed by atoms with Crippen LogP contribution in [0.5, 0.6) is 0 Å². The van der Waals surface area contributed by atoms with E-state index in [9.17, 15) is 8.78 Å². The van der Waals surface area contributed by atoms with E-state index in [2.05, 4.69) is 13.8 Å². The number of nitrogens with two attached hydrogens (primary N) is 1. The van der Waals surface area contributed by atoms with E-state index in [1.165, 1.54) is 0 Å². The molecule has 1 nitrogen and oxygen atoms in total. The molecule has 78 valence electrons. The van der Waals surface area contributed by atoms with Gasteiger partial charge in [0.25, 0.3) is 0 Å². The molecule has 0 bridgehead atoms. The highest BCUT2D eigenvalue weighted by Gasteiger charge is 2.38. The van der Waals surface area contributed by atoms with Crippen LogP contribution in [-0.2, 0) is 0 Å². The van der Waals surface area contributed by atoms with Crippen molar-refractivity contribution in [1.82, 2.24) is 0 Å². The van der Waals surface area contributed by atoms with E-state index in [1.54, 1.807) is 0 Å². The van der Waals surface area contributed by atoms with Crippen LogP contribution in [0.4, 0.5) is 8.78 Å². The average Bonchev–Trinajstić information content (AvgIpc) is 2.31. The topological polar surface area (TPSA) is 26.0 Å². The Labute approximate surface area is 78.7 Å². The zero-order chi connectivity index (χ0) is 10.1. The lowest BCUT2D eigenvalue weighted by molar-refractivity contribution is 0.0468. The monoisotopic (exact) mass is 191 g/mol. The van der Waals surface area contributed by atoms with Crippen molar-refractivity contribution >= 4 is 0 Å². The first-order valence-corrected chi connectivity index (χ1v) is 4.94. The van der Waals surface area contributed by atoms with Crippen LogP contribution in [-0.4, -0.2) is 13.0 Å². The molecule has 0 saturated heterocycles. The minimum Gasteiger partial charge on any atom is -0.330 e. The van der Waals surface area contributed by atoms with Crippen molar-refractivity contribution in [3.8, 4) is 0 Å². The first kappa shape index (κ1) is 10.9. The van der Waals surface area contributed by atoms with Crippen LogP contribution < -0.4 is 5.73 Å². The molecule has 2 unspecified atom stereocenters. The van der Waals surface area contributed by atoms with E-state index >= 15 is 0 Å². The lowest BCUT2D eigenvalue weighted by Crippen LogP contribution is -2.28. The van der Waals surface area contributed by atoms with Gasteiger partial charge in [-0.25, -0.2) is 8.78 Å². The van der Waals surface area contributed by atoms with Crippen molar-refractivity contribution in [3.05, 3.63) is 0 Å². The fourth-order valence-electron chi connectivity index (χ4n) is 2.36. The van der Waals surface area contributed by atoms with Crippen LogP contribution in [0.25, 0.3) is 0 Å². The predicted molar refractivity (Wildman–Crippen MR) is 49.7 cm³/mol. The summed E-state index contributed by atoms with van der Waals surface area (Å²) in [6.45, 7) is 4.41. The minimum absolute atomic E-state index is 0.123. The number of hydrogen-bond acceptors (Lipinski definition) is 1. The first-order valence-electron chi connectivity index (χ1n) is 4.94. The number of hydrogen-bond donors (Lipinski definition) is 1. The predicted octanol–water partition coefficient (Wildman–Crippen LogP) is 2.65. The Hall–Kier alpha value is -0.180. The summed E-state index contributed by atoms with van der Waals surface area (Å²) in [6, 6.07) is 0. The zero-order valence-corrected chi connectivity index (χ0v) is 8.39. The molecule has 0 aromatic rings. The van der Waals surface area contributed by atoms with Gasteiger partial charge in [-0.1, -0.05) is 13.8 Å². The quantitative estimate of drug-likeness (QED) is 0.729. The summed E-state index contributed by atoms with van der Waals surface area (Å²) in [7, 11) is 0. The number of halogens is 2. The van der Waals surface area contributed by atoms with Crippen molar-refractivity contribution in [1.29, 1.82) is 0 Å². The fraction of sp³-hybridized carbons (Fsp3) is 1.00. The van der Waals surface area contributed by atoms with Crippen LogP contribution in [0.15, 0.2) is 0 Å². The summed E-state index contributed by atoms with van der Waals surface area (Å²) in [6.07, 6.45) is 0.628. The molecule has 1 aliphatic carbocycles. The number of alkyl halides is 2. The molecular weight excluding hydrogens is 172 g/mol. The molecule has 0 aliphatic heterocycles. The first-order chi connectivity index (χ1) is 5.96. The molecule has 0 amide bonds. The lowest BCUT2D eigenvalue weighted by atomic mass is 9.86. The smallest absolute Gasteiger partial charge is 0.242 e. The molecule has 1 saturated carbocycles. The maximum Gasteiger partial charge on any atom is 0.242 e. The van der Waals surface area contributed by atoms with Gasteiger partial charge in [-0.2, -0.15) is 0 Å². The Balaban J connectivity index is 2.53. The molecule has 13 heavy (non-hydrogen) atoms. The van der Waals surface area contributed by atoms with Gasteiger partial charge < -0.3 is 5.73 Å². The van der Waals surface area contributed by atoms with Crippen LogP contribution >= 0.6 is 0 Å². The highest BCUT2D eigenvalue weighted by atomic mass is 19.3. The van der Waals surface area contributed by atoms with Gasteiger partial charge in [-0.3, -0.25) is 0 Å². The van der Waals surface area contributed by atoms with E-state index in [4.69, 9.17) is 5.73 Å². The number of rotatable bonds is 3. The molecule has 1 fully saturated rings. The second-order valence-electron chi connectivity index (χ2n) is 4.90. The Kier molecular flexibility index (Phi) is 3.28. The highest BCUT2D eigenvalue weighted by Crippen LogP contribution is 2.45. The fourth-order valence-corrected chi connectivity index (χ4v) is 2.36. The molecule has 1 rings (SSSR count). The molecule has 0 aromatic carbocycles. The molecule has 2 N–H and O–H groups in total. The van der Waals surface area contributed by atoms with Gasteiger partial charge in [0, 0.05) is 12.5 Å². The van der Waals surface area contributed by atoms with Gasteiger partial charge in [0.2, 0.25) is 6.43 Å². The Bertz CT molecular complexity index is 168. The molecule has 1 aliphatic rings. The second kappa shape index (κ2) is 3.91. The Morgan fingerprint density at radius 1 is 1.46 bits per heavy atom. The van der Waals surface area contributed by atoms with Crippen LogP contribution in [0.3, 0.4) is 0 Å². The van der Waals surface area contributed by atoms with E-state index in [0.29, 0.717) is 0 Å². The summed E-state index contributed by atoms with van der Waals surface area (Å²) in [4.78, 5) is 0. The van der Waals surface area contributed by atoms with E-state index in [1.807, 2.05) is 0 Å². The largest absolute Gasteiger partial charge is 0.330 e. The highest BCUT2D eigenvalue weighted by molar-refractivity contribution is 4.86. The maximum atomic E-state index is 12.5. The standard InChI is InChI=1S/C10H19F2N/c1-10(2)4-3-7(5-10)8(6-13)9(11)12/h7-9H,3-6,13H2,1-2H3. The molecule has 0 radical (unpaired) electrons. The summed E-state index contributed by atoms with van der Waals surface area (Å²) >= 11 is 0. The summed E-state index contributed by atoms with van der Waals surface area (Å²) in [5, 5.41) is 0. The normalized spacial score (nSPS) is 29.5. The maximum absolute atomic E-state index is 12.5. The SMILES string of the molecule is CC1(C)CCC(C(CN)C(F)F)C1. The van der Waals surface area contributed by atoms with Gasteiger partial charge in [0.15, 0.2) is 0 Å². The third-order valence-electron chi connectivity index (χ3n) is 3.21. The summed E-state index contributed by atoms with van der Waals surface area (Å²) in [5.41, 5.74) is 5.61. The molecule has 0 aromatic heterocycles. The molecule has 0 heterocycles. The zero-order valence-electron chi connectivity index (χ0n) is 8.39. The molecule has 3 heteroatoms. The summed E-state index contributed by atoms with van der Waals surface area (Å²) in [5.74, 6) is -0.443. The second-order valence-corrected chi connectivity index (χ2v) is 4.90. The van der Waals surface area contributed by atoms with Gasteiger partial charge in [0.05, 0.1) is 0 Å². The van der Waals surface area contributed by atoms with Crippen molar-refractivity contribution < 1.29 is 8.78 Å². The molecular formula is C10H19F2N. The average molecular weight is 191 g/mol. The minimum atomic E-state index is -2.25. The Morgan fingerprint density at radius 2 is 2.08 bits per heavy atom. The van der Waals surface area contributed by atoms with Gasteiger partial charge in [-0.15, -0.1) is 0 Å². The third kappa shape index (κ3) is 2.63. The third-order valence-corrected chi connectivity index (χ3v) is 3.21. The molecule has 2 atom stereocenters. The lowest BCUT2D eigenvalue weighted by Gasteiger charge is -2.23. The Morgan fingerprint density at radius 3 is 2.38 bits per heavy atom. The van der Waals surface area contributed by atoms with Crippen molar-refractivity contribution in [3.63, 3.8) is 0 Å². The van der Waals surface area contributed by atoms with Crippen molar-refractivity contribution in [2.75, 3.05) is 6.54 Å². The van der Waals surface area contributed by atoms with Gasteiger partial charge >= 0.3 is 0 Å². The van der Waals surface area contributed by atoms with Crippen molar-refractivity contribution in [2.24, 2.45) is 23.0 Å². The van der Waals surface area contributed by atoms with Crippen molar-refractivity contribution in [2.45, 2.75) is 39.5 Å². The van der Waals surface area contributed by atoms with E-state index < -0.39 is 12.3 Å². The molecule has 0 spiro atoms. The van der Waals surface area contributed by atoms with Crippen LogP contribution in [0, 0.1) is 17.3 Å². The van der Waals surface area contributed by atoms with Gasteiger partial charge in [-0.05, 0) is 30.6 Å². The summed E-state index contributed by atoms with van der Waals surface area (Å²) < 4.78 is 25.0. The van der Waals surface area contributed by atoms with E-state index in [-0.39, 0.29) is 17.9 Å². The van der Waals surface area contributed by atoms with Crippen LogP contribution in [0.1, 0.15) is 33.1 Å². The van der Waals surface area contributed by atoms with E-state index in [0.717, 1.165) is 19.3 Å². The van der Waals surface area contributed by atoms with Crippen LogP contribution in [0.2, 0.25) is 0 Å².